The number of rotatable bonds is 7. The molecule has 0 atom stereocenters. The SMILES string of the molecule is [C-]#[N+]c1cccc(-c2ccc3c(c2)c2cc(-c4cccc(C#N)c4)ccc2n3-c2cc(-c3cccc(C#N)c3)c(-n3c4ccc(-c5cccc(C#N)c5)cc4c4cc(-c5cccc([N+]#[C-])c5)ccc43)cc2C#N)c1. The molecule has 10 aromatic carbocycles. The molecule has 74 heavy (non-hydrogen) atoms. The molecule has 0 spiro atoms. The molecule has 2 heterocycles. The number of hydrogen-bond donors (Lipinski definition) is 0. The third-order valence-corrected chi connectivity index (χ3v) is 13.8. The molecule has 0 saturated heterocycles. The van der Waals surface area contributed by atoms with Crippen LogP contribution in [0.2, 0.25) is 0 Å². The van der Waals surface area contributed by atoms with Gasteiger partial charge in [-0.1, -0.05) is 97.1 Å². The summed E-state index contributed by atoms with van der Waals surface area (Å²) in [6.45, 7) is 15.4. The average molecular weight is 939 g/mol. The van der Waals surface area contributed by atoms with Crippen molar-refractivity contribution >= 4 is 55.0 Å². The van der Waals surface area contributed by atoms with Crippen LogP contribution < -0.4 is 0 Å². The Kier molecular flexibility index (Phi) is 10.7. The van der Waals surface area contributed by atoms with Crippen molar-refractivity contribution in [2.75, 3.05) is 0 Å². The molecular formula is C66H34N8. The summed E-state index contributed by atoms with van der Waals surface area (Å²) in [5, 5.41) is 45.1. The van der Waals surface area contributed by atoms with Crippen LogP contribution in [0.5, 0.6) is 0 Å². The van der Waals surface area contributed by atoms with E-state index in [1.165, 1.54) is 0 Å². The molecule has 338 valence electrons. The van der Waals surface area contributed by atoms with Gasteiger partial charge < -0.3 is 9.13 Å². The molecule has 0 fully saturated rings. The summed E-state index contributed by atoms with van der Waals surface area (Å²) >= 11 is 0. The van der Waals surface area contributed by atoms with Crippen molar-refractivity contribution in [2.24, 2.45) is 0 Å². The summed E-state index contributed by atoms with van der Waals surface area (Å²) in [5.41, 5.74) is 16.8. The van der Waals surface area contributed by atoms with Crippen molar-refractivity contribution < 1.29 is 0 Å². The summed E-state index contributed by atoms with van der Waals surface area (Å²) in [5.74, 6) is 0. The highest BCUT2D eigenvalue weighted by atomic mass is 15.0. The summed E-state index contributed by atoms with van der Waals surface area (Å²) in [6.07, 6.45) is 0. The third-order valence-electron chi connectivity index (χ3n) is 13.8. The molecule has 0 unspecified atom stereocenters. The lowest BCUT2D eigenvalue weighted by atomic mass is 9.97. The topological polar surface area (TPSA) is 114 Å². The Balaban J connectivity index is 1.15. The van der Waals surface area contributed by atoms with Gasteiger partial charge in [-0.2, -0.15) is 21.0 Å². The zero-order chi connectivity index (χ0) is 50.5. The number of aromatic nitrogens is 2. The predicted octanol–water partition coefficient (Wildman–Crippen LogP) is 16.8. The van der Waals surface area contributed by atoms with Gasteiger partial charge in [0.2, 0.25) is 0 Å². The number of fused-ring (bicyclic) bond motifs is 6. The molecule has 0 aliphatic heterocycles. The van der Waals surface area contributed by atoms with E-state index >= 15 is 0 Å². The van der Waals surface area contributed by atoms with Crippen LogP contribution in [-0.4, -0.2) is 9.13 Å². The van der Waals surface area contributed by atoms with Crippen LogP contribution in [0, 0.1) is 58.5 Å². The zero-order valence-corrected chi connectivity index (χ0v) is 39.2. The molecule has 0 aliphatic rings. The van der Waals surface area contributed by atoms with E-state index in [-0.39, 0.29) is 0 Å². The Hall–Kier alpha value is -11.3. The minimum Gasteiger partial charge on any atom is -0.309 e. The van der Waals surface area contributed by atoms with Gasteiger partial charge >= 0.3 is 0 Å². The molecule has 0 radical (unpaired) electrons. The first-order valence-corrected chi connectivity index (χ1v) is 23.6. The number of benzene rings is 10. The molecule has 8 nitrogen and oxygen atoms in total. The normalized spacial score (nSPS) is 10.9. The van der Waals surface area contributed by atoms with E-state index in [0.29, 0.717) is 39.3 Å². The number of hydrogen-bond acceptors (Lipinski definition) is 4. The van der Waals surface area contributed by atoms with Gasteiger partial charge in [-0.05, 0) is 159 Å². The quantitative estimate of drug-likeness (QED) is 0.148. The van der Waals surface area contributed by atoms with Crippen LogP contribution in [-0.2, 0) is 0 Å². The predicted molar refractivity (Wildman–Crippen MR) is 294 cm³/mol. The molecule has 0 bridgehead atoms. The minimum atomic E-state index is 0.408. The Labute approximate surface area is 425 Å². The van der Waals surface area contributed by atoms with Gasteiger partial charge in [0.1, 0.15) is 6.07 Å². The van der Waals surface area contributed by atoms with Crippen LogP contribution in [0.25, 0.3) is 120 Å². The standard InChI is InChI=1S/C66H34N8/c1-71-54-16-6-13-46(29-54)50-20-23-62-58(33-50)57-31-48(44-11-3-8-41(26-44)37-67)18-22-61(57)73(62)65-36-56(52-15-5-10-43(28-52)39-69)66(35-53(65)40-70)74-63-24-19-49(45-12-4-9-42(27-45)38-68)32-59(63)60-34-51(21-25-64(60)74)47-14-7-17-55(30-47)72-2/h3-36H. The summed E-state index contributed by atoms with van der Waals surface area (Å²) in [7, 11) is 0. The molecule has 0 saturated carbocycles. The van der Waals surface area contributed by atoms with E-state index in [9.17, 15) is 21.0 Å². The van der Waals surface area contributed by atoms with Gasteiger partial charge in [0.15, 0.2) is 11.4 Å². The average Bonchev–Trinajstić information content (AvgIpc) is 4.00. The maximum Gasteiger partial charge on any atom is 0.187 e. The van der Waals surface area contributed by atoms with Crippen LogP contribution >= 0.6 is 0 Å². The largest absolute Gasteiger partial charge is 0.309 e. The van der Waals surface area contributed by atoms with E-state index in [1.54, 1.807) is 30.3 Å². The second-order valence-corrected chi connectivity index (χ2v) is 18.0. The highest BCUT2D eigenvalue weighted by Crippen LogP contribution is 2.44. The van der Waals surface area contributed by atoms with Gasteiger partial charge in [0, 0.05) is 27.1 Å². The van der Waals surface area contributed by atoms with Gasteiger partial charge in [-0.15, -0.1) is 0 Å². The molecule has 0 amide bonds. The van der Waals surface area contributed by atoms with Crippen LogP contribution in [0.15, 0.2) is 206 Å². The van der Waals surface area contributed by atoms with Crippen molar-refractivity contribution in [3.8, 4) is 91.3 Å². The summed E-state index contributed by atoms with van der Waals surface area (Å²) in [6, 6.07) is 76.3. The van der Waals surface area contributed by atoms with Crippen molar-refractivity contribution in [2.45, 2.75) is 0 Å². The fourth-order valence-electron chi connectivity index (χ4n) is 10.4. The van der Waals surface area contributed by atoms with Crippen LogP contribution in [0.3, 0.4) is 0 Å². The maximum atomic E-state index is 11.4. The van der Waals surface area contributed by atoms with E-state index in [1.807, 2.05) is 109 Å². The van der Waals surface area contributed by atoms with Gasteiger partial charge in [-0.3, -0.25) is 0 Å². The maximum absolute atomic E-state index is 11.4. The lowest BCUT2D eigenvalue weighted by Gasteiger charge is -2.19. The number of nitrogens with zero attached hydrogens (tertiary/aromatic N) is 8. The highest BCUT2D eigenvalue weighted by molar-refractivity contribution is 6.14. The first-order chi connectivity index (χ1) is 36.4. The molecule has 0 N–H and O–H groups in total. The smallest absolute Gasteiger partial charge is 0.187 e. The van der Waals surface area contributed by atoms with E-state index in [0.717, 1.165) is 105 Å². The lowest BCUT2D eigenvalue weighted by molar-refractivity contribution is 1.14. The Bertz CT molecular complexity index is 4410. The molecular weight excluding hydrogens is 905 g/mol. The van der Waals surface area contributed by atoms with E-state index < -0.39 is 0 Å². The summed E-state index contributed by atoms with van der Waals surface area (Å²) in [4.78, 5) is 7.39. The first kappa shape index (κ1) is 44.0. The van der Waals surface area contributed by atoms with Crippen molar-refractivity contribution in [3.63, 3.8) is 0 Å². The number of nitriles is 4. The third kappa shape index (κ3) is 7.44. The Morgan fingerprint density at radius 2 is 0.649 bits per heavy atom. The summed E-state index contributed by atoms with van der Waals surface area (Å²) < 4.78 is 4.33. The van der Waals surface area contributed by atoms with Gasteiger partial charge in [-0.25, -0.2) is 9.69 Å². The Morgan fingerprint density at radius 1 is 0.311 bits per heavy atom. The molecule has 12 aromatic rings. The second kappa shape index (κ2) is 17.9. The minimum absolute atomic E-state index is 0.408. The fraction of sp³-hybridized carbons (Fsp3) is 0. The van der Waals surface area contributed by atoms with Gasteiger partial charge in [0.05, 0.1) is 87.0 Å². The first-order valence-electron chi connectivity index (χ1n) is 23.6. The molecule has 0 aliphatic carbocycles. The fourth-order valence-corrected chi connectivity index (χ4v) is 10.4. The zero-order valence-electron chi connectivity index (χ0n) is 39.2. The highest BCUT2D eigenvalue weighted by Gasteiger charge is 2.24. The second-order valence-electron chi connectivity index (χ2n) is 18.0. The van der Waals surface area contributed by atoms with Crippen molar-refractivity contribution in [3.05, 3.63) is 251 Å². The van der Waals surface area contributed by atoms with Crippen LogP contribution in [0.1, 0.15) is 22.3 Å². The monoisotopic (exact) mass is 938 g/mol. The molecule has 2 aromatic heterocycles. The lowest BCUT2D eigenvalue weighted by Crippen LogP contribution is -2.04. The molecule has 8 heteroatoms. The van der Waals surface area contributed by atoms with Crippen molar-refractivity contribution in [1.29, 1.82) is 21.0 Å². The van der Waals surface area contributed by atoms with Crippen LogP contribution in [0.4, 0.5) is 11.4 Å². The van der Waals surface area contributed by atoms with Gasteiger partial charge in [0.25, 0.3) is 0 Å². The van der Waals surface area contributed by atoms with E-state index in [2.05, 4.69) is 110 Å². The molecule has 12 rings (SSSR count). The Morgan fingerprint density at radius 3 is 1.03 bits per heavy atom. The van der Waals surface area contributed by atoms with E-state index in [4.69, 9.17) is 13.1 Å². The van der Waals surface area contributed by atoms with Crippen molar-refractivity contribution in [1.82, 2.24) is 9.13 Å².